The molecule has 4 rings (SSSR count). The Kier molecular flexibility index (Phi) is 7.81. The maximum Gasteiger partial charge on any atom is 0.253 e. The summed E-state index contributed by atoms with van der Waals surface area (Å²) < 4.78 is 10.4. The number of pyridine rings is 1. The molecular weight excluding hydrogens is 404 g/mol. The van der Waals surface area contributed by atoms with E-state index < -0.39 is 0 Å². The zero-order chi connectivity index (χ0) is 20.1. The van der Waals surface area contributed by atoms with Gasteiger partial charge in [0.05, 0.1) is 25.4 Å². The summed E-state index contributed by atoms with van der Waals surface area (Å²) in [5.74, 6) is -0.131. The zero-order valence-corrected chi connectivity index (χ0v) is 17.8. The van der Waals surface area contributed by atoms with Crippen molar-refractivity contribution in [2.75, 3.05) is 46.6 Å². The number of hydrogen-bond acceptors (Lipinski definition) is 5. The molecule has 30 heavy (non-hydrogen) atoms. The molecule has 2 N–H and O–H groups in total. The minimum Gasteiger partial charge on any atom is -0.383 e. The molecule has 0 saturated carbocycles. The van der Waals surface area contributed by atoms with Crippen LogP contribution < -0.4 is 5.32 Å². The highest BCUT2D eigenvalue weighted by molar-refractivity contribution is 6.06. The van der Waals surface area contributed by atoms with E-state index in [0.29, 0.717) is 24.4 Å². The predicted octanol–water partition coefficient (Wildman–Crippen LogP) is 2.86. The maximum absolute atomic E-state index is 12.4. The molecule has 3 aromatic rings. The second-order valence-corrected chi connectivity index (χ2v) is 7.16. The van der Waals surface area contributed by atoms with Crippen LogP contribution >= 0.6 is 12.4 Å². The quantitative estimate of drug-likeness (QED) is 0.563. The molecule has 160 valence electrons. The van der Waals surface area contributed by atoms with E-state index in [-0.39, 0.29) is 18.3 Å². The maximum atomic E-state index is 12.4. The number of rotatable bonds is 7. The molecule has 0 radical (unpaired) electrons. The summed E-state index contributed by atoms with van der Waals surface area (Å²) >= 11 is 0. The number of halogens is 1. The van der Waals surface area contributed by atoms with Gasteiger partial charge in [-0.2, -0.15) is 0 Å². The van der Waals surface area contributed by atoms with Gasteiger partial charge in [-0.25, -0.2) is 4.98 Å². The third-order valence-corrected chi connectivity index (χ3v) is 5.16. The molecule has 0 unspecified atom stereocenters. The van der Waals surface area contributed by atoms with Crippen molar-refractivity contribution in [1.82, 2.24) is 20.2 Å². The molecule has 7 nitrogen and oxygen atoms in total. The highest BCUT2D eigenvalue weighted by atomic mass is 35.5. The van der Waals surface area contributed by atoms with Crippen molar-refractivity contribution in [2.45, 2.75) is 6.54 Å². The Hall–Kier alpha value is -2.45. The zero-order valence-electron chi connectivity index (χ0n) is 17.0. The molecule has 1 amide bonds. The molecule has 2 aromatic heterocycles. The van der Waals surface area contributed by atoms with Gasteiger partial charge in [-0.1, -0.05) is 24.3 Å². The van der Waals surface area contributed by atoms with Crippen LogP contribution in [-0.4, -0.2) is 67.3 Å². The summed E-state index contributed by atoms with van der Waals surface area (Å²) in [6, 6.07) is 10.6. The Morgan fingerprint density at radius 1 is 1.23 bits per heavy atom. The van der Waals surface area contributed by atoms with Crippen LogP contribution in [-0.2, 0) is 16.0 Å². The number of methoxy groups -OCH3 is 1. The van der Waals surface area contributed by atoms with Gasteiger partial charge in [0.1, 0.15) is 5.65 Å². The van der Waals surface area contributed by atoms with Crippen LogP contribution in [0.25, 0.3) is 22.2 Å². The van der Waals surface area contributed by atoms with Crippen LogP contribution in [0.3, 0.4) is 0 Å². The fourth-order valence-electron chi connectivity index (χ4n) is 3.53. The predicted molar refractivity (Wildman–Crippen MR) is 119 cm³/mol. The summed E-state index contributed by atoms with van der Waals surface area (Å²) in [6.45, 7) is 5.46. The number of benzene rings is 1. The van der Waals surface area contributed by atoms with E-state index in [2.05, 4.69) is 44.5 Å². The summed E-state index contributed by atoms with van der Waals surface area (Å²) in [6.07, 6.45) is 3.54. The molecule has 1 aliphatic heterocycles. The number of aromatic nitrogens is 2. The van der Waals surface area contributed by atoms with Crippen LogP contribution in [0.5, 0.6) is 0 Å². The number of nitrogens with zero attached hydrogens (tertiary/aromatic N) is 2. The summed E-state index contributed by atoms with van der Waals surface area (Å²) in [5, 5.41) is 3.67. The molecule has 1 aliphatic rings. The Bertz CT molecular complexity index is 968. The summed E-state index contributed by atoms with van der Waals surface area (Å²) in [5.41, 5.74) is 4.64. The van der Waals surface area contributed by atoms with Gasteiger partial charge in [0, 0.05) is 56.6 Å². The van der Waals surface area contributed by atoms with Gasteiger partial charge in [0.2, 0.25) is 0 Å². The lowest BCUT2D eigenvalue weighted by atomic mass is 10.0. The van der Waals surface area contributed by atoms with E-state index in [0.717, 1.165) is 49.4 Å². The second kappa shape index (κ2) is 10.5. The number of carbonyl (C=O) groups excluding carboxylic acids is 1. The van der Waals surface area contributed by atoms with Gasteiger partial charge < -0.3 is 19.8 Å². The first kappa shape index (κ1) is 22.2. The molecule has 1 fully saturated rings. The lowest BCUT2D eigenvalue weighted by Crippen LogP contribution is -2.35. The molecular formula is C22H27ClN4O3. The molecule has 0 aliphatic carbocycles. The van der Waals surface area contributed by atoms with E-state index in [4.69, 9.17) is 9.47 Å². The fraction of sp³-hybridized carbons (Fsp3) is 0.364. The van der Waals surface area contributed by atoms with Crippen LogP contribution in [0.2, 0.25) is 0 Å². The normalized spacial score (nSPS) is 14.4. The Morgan fingerprint density at radius 3 is 2.73 bits per heavy atom. The van der Waals surface area contributed by atoms with Crippen LogP contribution in [0.1, 0.15) is 15.9 Å². The average Bonchev–Trinajstić information content (AvgIpc) is 3.18. The highest BCUT2D eigenvalue weighted by Crippen LogP contribution is 2.25. The SMILES string of the molecule is COCCNC(=O)c1c[nH]c2ncc(-c3ccc(CN4CCOCC4)cc3)cc12.Cl. The van der Waals surface area contributed by atoms with Crippen molar-refractivity contribution in [2.24, 2.45) is 0 Å². The van der Waals surface area contributed by atoms with Gasteiger partial charge >= 0.3 is 0 Å². The van der Waals surface area contributed by atoms with Crippen LogP contribution in [0.4, 0.5) is 0 Å². The van der Waals surface area contributed by atoms with Crippen molar-refractivity contribution in [1.29, 1.82) is 0 Å². The number of amides is 1. The third kappa shape index (κ3) is 5.17. The standard InChI is InChI=1S/C22H26N4O3.ClH/c1-28-9-6-23-22(27)20-14-25-21-19(20)12-18(13-24-21)17-4-2-16(3-5-17)15-26-7-10-29-11-8-26;/h2-5,12-14H,6-11,15H2,1H3,(H,23,27)(H,24,25);1H. The molecule has 8 heteroatoms. The highest BCUT2D eigenvalue weighted by Gasteiger charge is 2.14. The van der Waals surface area contributed by atoms with Crippen LogP contribution in [0.15, 0.2) is 42.7 Å². The van der Waals surface area contributed by atoms with E-state index in [1.54, 1.807) is 13.3 Å². The number of hydrogen-bond donors (Lipinski definition) is 2. The average molecular weight is 431 g/mol. The molecule has 3 heterocycles. The van der Waals surface area contributed by atoms with Crippen molar-refractivity contribution < 1.29 is 14.3 Å². The number of aromatic amines is 1. The molecule has 0 atom stereocenters. The molecule has 0 bridgehead atoms. The van der Waals surface area contributed by atoms with Crippen molar-refractivity contribution >= 4 is 29.3 Å². The van der Waals surface area contributed by atoms with E-state index in [9.17, 15) is 4.79 Å². The smallest absolute Gasteiger partial charge is 0.253 e. The van der Waals surface area contributed by atoms with Gasteiger partial charge in [0.25, 0.3) is 5.91 Å². The van der Waals surface area contributed by atoms with Gasteiger partial charge in [-0.3, -0.25) is 9.69 Å². The van der Waals surface area contributed by atoms with E-state index >= 15 is 0 Å². The van der Waals surface area contributed by atoms with Crippen molar-refractivity contribution in [3.8, 4) is 11.1 Å². The fourth-order valence-corrected chi connectivity index (χ4v) is 3.53. The summed E-state index contributed by atoms with van der Waals surface area (Å²) in [7, 11) is 1.61. The molecule has 1 saturated heterocycles. The van der Waals surface area contributed by atoms with Gasteiger partial charge in [0.15, 0.2) is 0 Å². The number of nitrogens with one attached hydrogen (secondary N) is 2. The second-order valence-electron chi connectivity index (χ2n) is 7.16. The summed E-state index contributed by atoms with van der Waals surface area (Å²) in [4.78, 5) is 22.4. The van der Waals surface area contributed by atoms with Crippen LogP contribution in [0, 0.1) is 0 Å². The number of H-pyrrole nitrogens is 1. The number of ether oxygens (including phenoxy) is 2. The van der Waals surface area contributed by atoms with E-state index in [1.165, 1.54) is 5.56 Å². The molecule has 1 aromatic carbocycles. The minimum atomic E-state index is -0.131. The van der Waals surface area contributed by atoms with Gasteiger partial charge in [-0.05, 0) is 17.2 Å². The Morgan fingerprint density at radius 2 is 2.00 bits per heavy atom. The first-order valence-corrected chi connectivity index (χ1v) is 9.88. The van der Waals surface area contributed by atoms with Gasteiger partial charge in [-0.15, -0.1) is 12.4 Å². The molecule has 0 spiro atoms. The lowest BCUT2D eigenvalue weighted by Gasteiger charge is -2.26. The van der Waals surface area contributed by atoms with Crippen molar-refractivity contribution in [3.63, 3.8) is 0 Å². The number of morpholine rings is 1. The van der Waals surface area contributed by atoms with Crippen molar-refractivity contribution in [3.05, 3.63) is 53.9 Å². The minimum absolute atomic E-state index is 0. The first-order valence-electron chi connectivity index (χ1n) is 9.88. The van der Waals surface area contributed by atoms with E-state index in [1.807, 2.05) is 12.3 Å². The Balaban J connectivity index is 0.00000256. The first-order chi connectivity index (χ1) is 14.2. The lowest BCUT2D eigenvalue weighted by molar-refractivity contribution is 0.0342. The monoisotopic (exact) mass is 430 g/mol. The topological polar surface area (TPSA) is 79.5 Å². The number of fused-ring (bicyclic) bond motifs is 1. The largest absolute Gasteiger partial charge is 0.383 e. The number of carbonyl (C=O) groups is 1. The third-order valence-electron chi connectivity index (χ3n) is 5.16. The Labute approximate surface area is 182 Å².